The number of rotatable bonds is 8. The van der Waals surface area contributed by atoms with Crippen LogP contribution in [0, 0.1) is 40.9 Å². The zero-order valence-corrected chi connectivity index (χ0v) is 26.8. The second-order valence-electron chi connectivity index (χ2n) is 13.6. The third-order valence-corrected chi connectivity index (χ3v) is 11.1. The van der Waals surface area contributed by atoms with Crippen LogP contribution >= 0.6 is 0 Å². The van der Waals surface area contributed by atoms with Gasteiger partial charge in [0.1, 0.15) is 0 Å². The second-order valence-corrected chi connectivity index (χ2v) is 13.6. The maximum absolute atomic E-state index is 14.1. The zero-order chi connectivity index (χ0) is 31.0. The Morgan fingerprint density at radius 3 is 2.45 bits per heavy atom. The van der Waals surface area contributed by atoms with Crippen molar-refractivity contribution < 1.29 is 4.74 Å². The summed E-state index contributed by atoms with van der Waals surface area (Å²) in [7, 11) is 1.69. The number of methoxy groups -OCH3 is 1. The SMILES string of the molecule is CCn1c(-c2ccc(COC)cc2)c(-c2ccc(C#N)c(CC3C4CCC3[C@@H](C)[C@H](C)C4)c2)nc(N2CCC(N)CC2)c1=O. The van der Waals surface area contributed by atoms with Crippen molar-refractivity contribution in [2.75, 3.05) is 25.1 Å². The van der Waals surface area contributed by atoms with Crippen LogP contribution < -0.4 is 16.2 Å². The molecule has 6 rings (SSSR count). The van der Waals surface area contributed by atoms with E-state index < -0.39 is 0 Å². The molecular formula is C37H47N5O2. The van der Waals surface area contributed by atoms with Gasteiger partial charge in [-0.3, -0.25) is 4.79 Å². The molecule has 0 radical (unpaired) electrons. The van der Waals surface area contributed by atoms with Crippen molar-refractivity contribution in [2.24, 2.45) is 35.3 Å². The first-order chi connectivity index (χ1) is 21.3. The van der Waals surface area contributed by atoms with Gasteiger partial charge in [-0.1, -0.05) is 44.2 Å². The molecule has 3 fully saturated rings. The molecule has 232 valence electrons. The summed E-state index contributed by atoms with van der Waals surface area (Å²) in [6, 6.07) is 17.1. The number of ether oxygens (including phenoxy) is 1. The first-order valence-corrected chi connectivity index (χ1v) is 16.6. The number of fused-ring (bicyclic) bond motifs is 2. The van der Waals surface area contributed by atoms with E-state index in [1.807, 2.05) is 23.6 Å². The largest absolute Gasteiger partial charge is 0.380 e. The highest BCUT2D eigenvalue weighted by molar-refractivity contribution is 5.80. The van der Waals surface area contributed by atoms with Crippen LogP contribution in [0.1, 0.15) is 69.6 Å². The van der Waals surface area contributed by atoms with Gasteiger partial charge < -0.3 is 19.9 Å². The first kappa shape index (κ1) is 30.6. The van der Waals surface area contributed by atoms with Gasteiger partial charge in [-0.05, 0) is 98.3 Å². The summed E-state index contributed by atoms with van der Waals surface area (Å²) >= 11 is 0. The quantitative estimate of drug-likeness (QED) is 0.325. The van der Waals surface area contributed by atoms with Gasteiger partial charge >= 0.3 is 0 Å². The molecule has 7 heteroatoms. The van der Waals surface area contributed by atoms with Gasteiger partial charge in [0.2, 0.25) is 0 Å². The standard InChI is InChI=1S/C37H47N5O2/c1-5-42-35(26-8-6-25(7-9-26)22-44-4)34(40-36(37(42)43)41-16-14-31(39)15-17-41)28-10-11-29(21-38)30(19-28)20-33-27-12-13-32(33)24(3)23(2)18-27/h6-11,19,23-24,27,31-33H,5,12-18,20,22,39H2,1-4H3/t23-,24+,27?,32?,33?/m1/s1. The number of nitrogens with two attached hydrogens (primary N) is 1. The van der Waals surface area contributed by atoms with Crippen molar-refractivity contribution in [2.45, 2.75) is 78.5 Å². The van der Waals surface area contributed by atoms with Crippen molar-refractivity contribution >= 4 is 5.82 Å². The number of piperidine rings is 1. The van der Waals surface area contributed by atoms with Gasteiger partial charge in [0.15, 0.2) is 5.82 Å². The Bertz CT molecular complexity index is 1580. The number of hydrogen-bond donors (Lipinski definition) is 1. The molecule has 1 saturated heterocycles. The Labute approximate surface area is 262 Å². The fraction of sp³-hybridized carbons (Fsp3) is 0.541. The van der Waals surface area contributed by atoms with Gasteiger partial charge in [-0.25, -0.2) is 4.98 Å². The summed E-state index contributed by atoms with van der Waals surface area (Å²) in [5.41, 5.74) is 12.6. The molecule has 7 nitrogen and oxygen atoms in total. The van der Waals surface area contributed by atoms with Gasteiger partial charge in [-0.15, -0.1) is 0 Å². The van der Waals surface area contributed by atoms with E-state index in [4.69, 9.17) is 15.5 Å². The minimum atomic E-state index is -0.0709. The van der Waals surface area contributed by atoms with Gasteiger partial charge in [0.05, 0.1) is 29.6 Å². The summed E-state index contributed by atoms with van der Waals surface area (Å²) in [6.07, 6.45) is 6.51. The molecule has 2 heterocycles. The van der Waals surface area contributed by atoms with Crippen LogP contribution in [0.15, 0.2) is 47.3 Å². The van der Waals surface area contributed by atoms with Crippen molar-refractivity contribution in [3.63, 3.8) is 0 Å². The van der Waals surface area contributed by atoms with Gasteiger partial charge in [0.25, 0.3) is 5.56 Å². The zero-order valence-electron chi connectivity index (χ0n) is 26.8. The molecule has 5 atom stereocenters. The van der Waals surface area contributed by atoms with E-state index in [1.54, 1.807) is 7.11 Å². The number of benzene rings is 2. The number of hydrogen-bond acceptors (Lipinski definition) is 6. The minimum absolute atomic E-state index is 0.0709. The summed E-state index contributed by atoms with van der Waals surface area (Å²) in [4.78, 5) is 21.4. The maximum Gasteiger partial charge on any atom is 0.294 e. The van der Waals surface area contributed by atoms with Crippen LogP contribution in [0.4, 0.5) is 5.82 Å². The molecule has 2 bridgehead atoms. The molecule has 2 aromatic carbocycles. The van der Waals surface area contributed by atoms with E-state index in [2.05, 4.69) is 55.1 Å². The van der Waals surface area contributed by atoms with Crippen LogP contribution in [-0.2, 0) is 24.3 Å². The lowest BCUT2D eigenvalue weighted by Crippen LogP contribution is -2.43. The van der Waals surface area contributed by atoms with Crippen molar-refractivity contribution in [1.29, 1.82) is 5.26 Å². The second kappa shape index (κ2) is 12.9. The number of aromatic nitrogens is 2. The lowest BCUT2D eigenvalue weighted by atomic mass is 9.66. The smallest absolute Gasteiger partial charge is 0.294 e. The molecule has 2 N–H and O–H groups in total. The topological polar surface area (TPSA) is 97.2 Å². The molecular weight excluding hydrogens is 546 g/mol. The lowest BCUT2D eigenvalue weighted by Gasteiger charge is -2.39. The van der Waals surface area contributed by atoms with E-state index in [9.17, 15) is 10.1 Å². The highest BCUT2D eigenvalue weighted by atomic mass is 16.5. The summed E-state index contributed by atoms with van der Waals surface area (Å²) < 4.78 is 7.22. The molecule has 0 spiro atoms. The van der Waals surface area contributed by atoms with Gasteiger partial charge in [0, 0.05) is 43.9 Å². The molecule has 3 aliphatic rings. The van der Waals surface area contributed by atoms with Crippen LogP contribution in [0.2, 0.25) is 0 Å². The summed E-state index contributed by atoms with van der Waals surface area (Å²) in [6.45, 7) is 9.36. The normalized spacial score (nSPS) is 25.3. The third kappa shape index (κ3) is 5.71. The van der Waals surface area contributed by atoms with E-state index in [0.29, 0.717) is 24.9 Å². The van der Waals surface area contributed by atoms with E-state index in [1.165, 1.54) is 19.3 Å². The predicted octanol–water partition coefficient (Wildman–Crippen LogP) is 6.40. The molecule has 1 aromatic heterocycles. The number of nitriles is 1. The Morgan fingerprint density at radius 2 is 1.77 bits per heavy atom. The average Bonchev–Trinajstić information content (AvgIpc) is 3.35. The van der Waals surface area contributed by atoms with Crippen molar-refractivity contribution in [3.8, 4) is 28.6 Å². The molecule has 0 amide bonds. The van der Waals surface area contributed by atoms with E-state index >= 15 is 0 Å². The summed E-state index contributed by atoms with van der Waals surface area (Å²) in [5.74, 6) is 4.05. The van der Waals surface area contributed by atoms with Crippen LogP contribution in [-0.4, -0.2) is 35.8 Å². The Kier molecular flexibility index (Phi) is 8.94. The number of nitrogens with zero attached hydrogens (tertiary/aromatic N) is 4. The first-order valence-electron chi connectivity index (χ1n) is 16.6. The summed E-state index contributed by atoms with van der Waals surface area (Å²) in [5, 5.41) is 10.2. The van der Waals surface area contributed by atoms with Crippen molar-refractivity contribution in [1.82, 2.24) is 9.55 Å². The molecule has 2 saturated carbocycles. The van der Waals surface area contributed by atoms with E-state index in [-0.39, 0.29) is 11.6 Å². The molecule has 3 unspecified atom stereocenters. The fourth-order valence-electron chi connectivity index (χ4n) is 8.43. The van der Waals surface area contributed by atoms with Crippen molar-refractivity contribution in [3.05, 3.63) is 69.5 Å². The minimum Gasteiger partial charge on any atom is -0.380 e. The van der Waals surface area contributed by atoms with Crippen LogP contribution in [0.25, 0.3) is 22.5 Å². The van der Waals surface area contributed by atoms with Gasteiger partial charge in [-0.2, -0.15) is 5.26 Å². The molecule has 2 aliphatic carbocycles. The van der Waals surface area contributed by atoms with Crippen LogP contribution in [0.3, 0.4) is 0 Å². The Hall–Kier alpha value is -3.47. The number of anilines is 1. The lowest BCUT2D eigenvalue weighted by molar-refractivity contribution is 0.110. The average molecular weight is 594 g/mol. The third-order valence-electron chi connectivity index (χ3n) is 11.1. The molecule has 44 heavy (non-hydrogen) atoms. The highest BCUT2D eigenvalue weighted by Crippen LogP contribution is 2.53. The van der Waals surface area contributed by atoms with Crippen LogP contribution in [0.5, 0.6) is 0 Å². The Morgan fingerprint density at radius 1 is 1.05 bits per heavy atom. The molecule has 3 aromatic rings. The monoisotopic (exact) mass is 593 g/mol. The van der Waals surface area contributed by atoms with E-state index in [0.717, 1.165) is 95.2 Å². The Balaban J connectivity index is 1.48. The molecule has 1 aliphatic heterocycles. The maximum atomic E-state index is 14.1. The highest BCUT2D eigenvalue weighted by Gasteiger charge is 2.45. The fourth-order valence-corrected chi connectivity index (χ4v) is 8.43. The predicted molar refractivity (Wildman–Crippen MR) is 176 cm³/mol.